The van der Waals surface area contributed by atoms with Crippen LogP contribution in [-0.2, 0) is 10.2 Å². The lowest BCUT2D eigenvalue weighted by Crippen LogP contribution is -2.45. The van der Waals surface area contributed by atoms with E-state index in [1.807, 2.05) is 20.8 Å². The number of halogens is 5. The van der Waals surface area contributed by atoms with Crippen molar-refractivity contribution in [2.75, 3.05) is 5.32 Å². The molecule has 4 atom stereocenters. The van der Waals surface area contributed by atoms with Crippen molar-refractivity contribution in [2.24, 2.45) is 11.1 Å². The summed E-state index contributed by atoms with van der Waals surface area (Å²) in [4.78, 5) is 25.5. The number of primary amides is 1. The Balaban J connectivity index is 1.93. The number of carbonyl (C=O) groups excluding carboxylic acids is 2. The summed E-state index contributed by atoms with van der Waals surface area (Å²) in [5, 5.41) is 16.8. The summed E-state index contributed by atoms with van der Waals surface area (Å²) in [5.74, 6) is -4.19. The Hall–Kier alpha value is -3.22. The number of nitrogens with one attached hydrogen (secondary N) is 2. The van der Waals surface area contributed by atoms with Crippen LogP contribution >= 0.6 is 34.8 Å². The van der Waals surface area contributed by atoms with Gasteiger partial charge in [0.2, 0.25) is 11.8 Å². The summed E-state index contributed by atoms with van der Waals surface area (Å²) in [6.07, 6.45) is 0.324. The first-order valence-electron chi connectivity index (χ1n) is 12.7. The van der Waals surface area contributed by atoms with Crippen molar-refractivity contribution in [1.29, 1.82) is 5.26 Å². The van der Waals surface area contributed by atoms with Gasteiger partial charge in [0, 0.05) is 28.2 Å². The number of benzene rings is 3. The molecule has 0 spiro atoms. The Morgan fingerprint density at radius 3 is 2.37 bits per heavy atom. The molecule has 3 aromatic carbocycles. The number of carbonyl (C=O) groups is 2. The molecule has 214 valence electrons. The van der Waals surface area contributed by atoms with Crippen LogP contribution in [0.2, 0.25) is 15.1 Å². The van der Waals surface area contributed by atoms with Gasteiger partial charge in [-0.05, 0) is 53.8 Å². The molecule has 0 radical (unpaired) electrons. The van der Waals surface area contributed by atoms with Gasteiger partial charge in [-0.2, -0.15) is 5.26 Å². The Kier molecular flexibility index (Phi) is 8.68. The van der Waals surface area contributed by atoms with Crippen LogP contribution in [0, 0.1) is 28.4 Å². The first kappa shape index (κ1) is 30.7. The summed E-state index contributed by atoms with van der Waals surface area (Å²) in [7, 11) is 0. The highest BCUT2D eigenvalue weighted by Crippen LogP contribution is 2.53. The van der Waals surface area contributed by atoms with E-state index in [-0.39, 0.29) is 42.9 Å². The fraction of sp³-hybridized carbons (Fsp3) is 0.300. The van der Waals surface area contributed by atoms with E-state index in [0.29, 0.717) is 6.42 Å². The minimum Gasteiger partial charge on any atom is -0.366 e. The van der Waals surface area contributed by atoms with Crippen LogP contribution in [0.1, 0.15) is 54.6 Å². The fourth-order valence-electron chi connectivity index (χ4n) is 5.57. The molecule has 1 heterocycles. The van der Waals surface area contributed by atoms with E-state index in [1.54, 1.807) is 0 Å². The van der Waals surface area contributed by atoms with E-state index in [4.69, 9.17) is 40.5 Å². The number of rotatable bonds is 6. The molecule has 0 aliphatic carbocycles. The van der Waals surface area contributed by atoms with Gasteiger partial charge >= 0.3 is 0 Å². The van der Waals surface area contributed by atoms with Crippen molar-refractivity contribution in [1.82, 2.24) is 5.32 Å². The third-order valence-electron chi connectivity index (χ3n) is 7.23. The maximum Gasteiger partial charge on any atom is 0.250 e. The quantitative estimate of drug-likeness (QED) is 0.277. The van der Waals surface area contributed by atoms with Crippen LogP contribution in [0.3, 0.4) is 0 Å². The summed E-state index contributed by atoms with van der Waals surface area (Å²) in [6.45, 7) is 5.83. The largest absolute Gasteiger partial charge is 0.366 e. The van der Waals surface area contributed by atoms with E-state index in [2.05, 4.69) is 16.7 Å². The molecule has 1 aliphatic heterocycles. The number of hydrogen-bond donors (Lipinski definition) is 3. The van der Waals surface area contributed by atoms with Gasteiger partial charge in [-0.3, -0.25) is 9.59 Å². The van der Waals surface area contributed by atoms with Crippen molar-refractivity contribution in [2.45, 2.75) is 50.6 Å². The predicted molar refractivity (Wildman–Crippen MR) is 156 cm³/mol. The fourth-order valence-corrected chi connectivity index (χ4v) is 6.18. The second-order valence-electron chi connectivity index (χ2n) is 11.2. The molecule has 1 saturated heterocycles. The average Bonchev–Trinajstić information content (AvgIpc) is 3.18. The molecule has 4 N–H and O–H groups in total. The lowest BCUT2D eigenvalue weighted by atomic mass is 9.62. The van der Waals surface area contributed by atoms with Gasteiger partial charge in [-0.1, -0.05) is 73.8 Å². The standard InChI is InChI=1S/C30H27Cl3F2N4O2/c1-29(2,3)13-23-30(14-36,19-10-7-15(31)11-22(19)34)24(18-5-4-6-20(32)25(18)35)26(39-23)28(41)38-16-8-9-17(27(37)40)21(33)12-16/h4-12,23-24,26,39H,13H2,1-3H3,(H2,37,40)(H,38,41)/t23-,24-,26?,30-/m0/s1. The van der Waals surface area contributed by atoms with Crippen LogP contribution in [0.25, 0.3) is 0 Å². The van der Waals surface area contributed by atoms with Crippen LogP contribution in [0.15, 0.2) is 54.6 Å². The zero-order valence-electron chi connectivity index (χ0n) is 22.4. The zero-order chi connectivity index (χ0) is 30.3. The van der Waals surface area contributed by atoms with Gasteiger partial charge in [-0.25, -0.2) is 8.78 Å². The number of nitriles is 1. The molecule has 1 unspecified atom stereocenters. The third-order valence-corrected chi connectivity index (χ3v) is 8.07. The first-order chi connectivity index (χ1) is 19.2. The molecule has 3 aromatic rings. The minimum absolute atomic E-state index is 0.0207. The van der Waals surface area contributed by atoms with E-state index >= 15 is 8.78 Å². The van der Waals surface area contributed by atoms with E-state index < -0.39 is 46.9 Å². The Morgan fingerprint density at radius 2 is 1.78 bits per heavy atom. The molecule has 1 aliphatic rings. The average molecular weight is 620 g/mol. The maximum absolute atomic E-state index is 15.7. The van der Waals surface area contributed by atoms with Crippen molar-refractivity contribution in [3.05, 3.63) is 98.0 Å². The molecular formula is C30H27Cl3F2N4O2. The Morgan fingerprint density at radius 1 is 1.07 bits per heavy atom. The van der Waals surface area contributed by atoms with E-state index in [0.717, 1.165) is 6.07 Å². The number of hydrogen-bond acceptors (Lipinski definition) is 4. The highest BCUT2D eigenvalue weighted by Gasteiger charge is 2.61. The molecule has 2 amide bonds. The van der Waals surface area contributed by atoms with Crippen LogP contribution in [0.5, 0.6) is 0 Å². The molecule has 0 saturated carbocycles. The van der Waals surface area contributed by atoms with Gasteiger partial charge in [0.25, 0.3) is 0 Å². The predicted octanol–water partition coefficient (Wildman–Crippen LogP) is 6.98. The van der Waals surface area contributed by atoms with Gasteiger partial charge < -0.3 is 16.4 Å². The molecule has 4 rings (SSSR count). The molecule has 6 nitrogen and oxygen atoms in total. The summed E-state index contributed by atoms with van der Waals surface area (Å²) >= 11 is 18.4. The van der Waals surface area contributed by atoms with Crippen LogP contribution < -0.4 is 16.4 Å². The SMILES string of the molecule is CC(C)(C)C[C@@H]1NC(C(=O)Nc2ccc(C(N)=O)c(Cl)c2)[C@H](c2cccc(Cl)c2F)[C@@]1(C#N)c1ccc(Cl)cc1F. The lowest BCUT2D eigenvalue weighted by Gasteiger charge is -2.37. The van der Waals surface area contributed by atoms with Crippen molar-refractivity contribution < 1.29 is 18.4 Å². The number of amides is 2. The smallest absolute Gasteiger partial charge is 0.250 e. The molecule has 11 heteroatoms. The van der Waals surface area contributed by atoms with Crippen molar-refractivity contribution in [3.8, 4) is 6.07 Å². The lowest BCUT2D eigenvalue weighted by molar-refractivity contribution is -0.118. The monoisotopic (exact) mass is 618 g/mol. The second kappa shape index (κ2) is 11.6. The molecule has 0 aromatic heterocycles. The Bertz CT molecular complexity index is 1570. The van der Waals surface area contributed by atoms with Gasteiger partial charge in [0.15, 0.2) is 0 Å². The minimum atomic E-state index is -1.76. The van der Waals surface area contributed by atoms with Crippen LogP contribution in [-0.4, -0.2) is 23.9 Å². The summed E-state index contributed by atoms with van der Waals surface area (Å²) in [6, 6.07) is 12.7. The maximum atomic E-state index is 15.7. The second-order valence-corrected chi connectivity index (χ2v) is 12.5. The summed E-state index contributed by atoms with van der Waals surface area (Å²) < 4.78 is 31.4. The Labute approximate surface area is 251 Å². The number of nitrogens with two attached hydrogens (primary N) is 1. The van der Waals surface area contributed by atoms with Crippen LogP contribution in [0.4, 0.5) is 14.5 Å². The highest BCUT2D eigenvalue weighted by molar-refractivity contribution is 6.34. The summed E-state index contributed by atoms with van der Waals surface area (Å²) in [5.41, 5.74) is 3.42. The zero-order valence-corrected chi connectivity index (χ0v) is 24.6. The topological polar surface area (TPSA) is 108 Å². The molecule has 0 bridgehead atoms. The third kappa shape index (κ3) is 5.91. The number of anilines is 1. The number of nitrogens with zero attached hydrogens (tertiary/aromatic N) is 1. The molecule has 41 heavy (non-hydrogen) atoms. The van der Waals surface area contributed by atoms with Gasteiger partial charge in [0.1, 0.15) is 17.0 Å². The van der Waals surface area contributed by atoms with Crippen molar-refractivity contribution in [3.63, 3.8) is 0 Å². The molecular weight excluding hydrogens is 593 g/mol. The first-order valence-corrected chi connectivity index (χ1v) is 13.8. The normalized spacial score (nSPS) is 22.3. The molecule has 1 fully saturated rings. The van der Waals surface area contributed by atoms with Gasteiger partial charge in [-0.15, -0.1) is 0 Å². The van der Waals surface area contributed by atoms with E-state index in [1.165, 1.54) is 48.5 Å². The highest BCUT2D eigenvalue weighted by atomic mass is 35.5. The van der Waals surface area contributed by atoms with E-state index in [9.17, 15) is 14.9 Å². The van der Waals surface area contributed by atoms with Gasteiger partial charge in [0.05, 0.1) is 27.7 Å². The van der Waals surface area contributed by atoms with Crippen molar-refractivity contribution >= 4 is 52.3 Å².